The minimum atomic E-state index is -0.707. The molecule has 2 aromatic carbocycles. The molecule has 0 bridgehead atoms. The molecule has 0 atom stereocenters. The van der Waals surface area contributed by atoms with Gasteiger partial charge in [-0.15, -0.1) is 11.8 Å². The maximum Gasteiger partial charge on any atom is 0.316 e. The summed E-state index contributed by atoms with van der Waals surface area (Å²) in [7, 11) is 0. The van der Waals surface area contributed by atoms with Crippen LogP contribution in [0, 0.1) is 11.6 Å². The van der Waals surface area contributed by atoms with Crippen LogP contribution in [0.25, 0.3) is 0 Å². The number of esters is 1. The average Bonchev–Trinajstić information content (AvgIpc) is 3.13. The van der Waals surface area contributed by atoms with Crippen molar-refractivity contribution < 1.29 is 32.6 Å². The Kier molecular flexibility index (Phi) is 6.12. The van der Waals surface area contributed by atoms with Gasteiger partial charge < -0.3 is 19.5 Å². The number of nitrogens with one attached hydrogen (secondary N) is 1. The Balaban J connectivity index is 1.38. The van der Waals surface area contributed by atoms with Crippen LogP contribution in [0.5, 0.6) is 11.5 Å². The highest BCUT2D eigenvalue weighted by molar-refractivity contribution is 8.00. The van der Waals surface area contributed by atoms with Gasteiger partial charge in [-0.1, -0.05) is 6.07 Å². The summed E-state index contributed by atoms with van der Waals surface area (Å²) < 4.78 is 41.8. The predicted molar refractivity (Wildman–Crippen MR) is 92.5 cm³/mol. The molecule has 1 N–H and O–H groups in total. The Hall–Kier alpha value is -2.81. The molecule has 1 amide bonds. The zero-order valence-corrected chi connectivity index (χ0v) is 14.8. The fraction of sp³-hybridized carbons (Fsp3) is 0.222. The number of hydrogen-bond acceptors (Lipinski definition) is 6. The first-order chi connectivity index (χ1) is 13.0. The molecule has 142 valence electrons. The molecule has 2 aromatic rings. The second-order valence-corrected chi connectivity index (χ2v) is 6.51. The van der Waals surface area contributed by atoms with E-state index in [2.05, 4.69) is 5.32 Å². The quantitative estimate of drug-likeness (QED) is 0.574. The molecule has 0 radical (unpaired) electrons. The maximum atomic E-state index is 13.5. The van der Waals surface area contributed by atoms with E-state index in [-0.39, 0.29) is 24.0 Å². The molecule has 9 heteroatoms. The van der Waals surface area contributed by atoms with E-state index in [0.717, 1.165) is 35.5 Å². The maximum absolute atomic E-state index is 13.5. The Bertz CT molecular complexity index is 862. The van der Waals surface area contributed by atoms with Crippen LogP contribution >= 0.6 is 11.8 Å². The second-order valence-electron chi connectivity index (χ2n) is 5.49. The number of fused-ring (bicyclic) bond motifs is 1. The SMILES string of the molecule is O=C(COC(=O)CSc1cc(F)ccc1F)NCc1ccc2c(c1)OCO2. The zero-order chi connectivity index (χ0) is 19.2. The third kappa shape index (κ3) is 5.33. The molecule has 3 rings (SSSR count). The van der Waals surface area contributed by atoms with E-state index in [1.807, 2.05) is 0 Å². The Labute approximate surface area is 157 Å². The molecule has 0 spiro atoms. The topological polar surface area (TPSA) is 73.9 Å². The summed E-state index contributed by atoms with van der Waals surface area (Å²) in [5, 5.41) is 2.61. The van der Waals surface area contributed by atoms with Crippen LogP contribution in [0.15, 0.2) is 41.3 Å². The summed E-state index contributed by atoms with van der Waals surface area (Å²) in [6, 6.07) is 8.23. The van der Waals surface area contributed by atoms with Gasteiger partial charge in [0, 0.05) is 11.4 Å². The fourth-order valence-corrected chi connectivity index (χ4v) is 2.97. The van der Waals surface area contributed by atoms with E-state index >= 15 is 0 Å². The molecule has 1 aliphatic rings. The molecular weight excluding hydrogens is 380 g/mol. The van der Waals surface area contributed by atoms with Crippen LogP contribution in [0.3, 0.4) is 0 Å². The van der Waals surface area contributed by atoms with Gasteiger partial charge in [-0.3, -0.25) is 9.59 Å². The van der Waals surface area contributed by atoms with E-state index in [4.69, 9.17) is 14.2 Å². The predicted octanol–water partition coefficient (Wildman–Crippen LogP) is 2.65. The standard InChI is InChI=1S/C18H15F2NO5S/c19-12-2-3-13(20)16(6-12)27-9-18(23)24-8-17(22)21-7-11-1-4-14-15(5-11)26-10-25-14/h1-6H,7-10H2,(H,21,22). The number of carbonyl (C=O) groups is 2. The van der Waals surface area contributed by atoms with Gasteiger partial charge in [0.1, 0.15) is 11.6 Å². The van der Waals surface area contributed by atoms with Gasteiger partial charge in [-0.05, 0) is 35.9 Å². The number of carbonyl (C=O) groups excluding carboxylic acids is 2. The van der Waals surface area contributed by atoms with E-state index in [0.29, 0.717) is 11.5 Å². The molecular formula is C18H15F2NO5S. The lowest BCUT2D eigenvalue weighted by atomic mass is 10.2. The van der Waals surface area contributed by atoms with Crippen molar-refractivity contribution in [3.05, 3.63) is 53.6 Å². The Morgan fingerprint density at radius 1 is 1.11 bits per heavy atom. The van der Waals surface area contributed by atoms with Crippen LogP contribution in [-0.2, 0) is 20.9 Å². The number of amides is 1. The van der Waals surface area contributed by atoms with Gasteiger partial charge in [-0.25, -0.2) is 8.78 Å². The number of benzene rings is 2. The van der Waals surface area contributed by atoms with Crippen LogP contribution in [0.2, 0.25) is 0 Å². The molecule has 0 aromatic heterocycles. The van der Waals surface area contributed by atoms with Crippen LogP contribution in [0.4, 0.5) is 8.78 Å². The molecule has 0 fully saturated rings. The summed E-state index contributed by atoms with van der Waals surface area (Å²) in [5.74, 6) is -1.41. The average molecular weight is 395 g/mol. The molecule has 27 heavy (non-hydrogen) atoms. The first-order valence-corrected chi connectivity index (χ1v) is 8.88. The molecule has 1 heterocycles. The molecule has 0 aliphatic carbocycles. The van der Waals surface area contributed by atoms with Gasteiger partial charge in [-0.2, -0.15) is 0 Å². The van der Waals surface area contributed by atoms with Gasteiger partial charge in [0.2, 0.25) is 6.79 Å². The van der Waals surface area contributed by atoms with Crippen molar-refractivity contribution >= 4 is 23.6 Å². The summed E-state index contributed by atoms with van der Waals surface area (Å²) in [4.78, 5) is 23.4. The summed E-state index contributed by atoms with van der Waals surface area (Å²) >= 11 is 0.796. The lowest BCUT2D eigenvalue weighted by Crippen LogP contribution is -2.28. The van der Waals surface area contributed by atoms with Crippen molar-refractivity contribution in [2.45, 2.75) is 11.4 Å². The van der Waals surface area contributed by atoms with Gasteiger partial charge in [0.05, 0.1) is 5.75 Å². The highest BCUT2D eigenvalue weighted by atomic mass is 32.2. The minimum absolute atomic E-state index is 0.000732. The first-order valence-electron chi connectivity index (χ1n) is 7.90. The molecule has 6 nitrogen and oxygen atoms in total. The lowest BCUT2D eigenvalue weighted by Gasteiger charge is -2.08. The molecule has 0 saturated heterocycles. The van der Waals surface area contributed by atoms with Crippen molar-refractivity contribution in [2.75, 3.05) is 19.2 Å². The normalized spacial score (nSPS) is 11.9. The van der Waals surface area contributed by atoms with Gasteiger partial charge in [0.25, 0.3) is 5.91 Å². The fourth-order valence-electron chi connectivity index (χ4n) is 2.21. The summed E-state index contributed by atoms with van der Waals surface area (Å²) in [6.45, 7) is -0.0650. The smallest absolute Gasteiger partial charge is 0.316 e. The molecule has 0 saturated carbocycles. The number of halogens is 2. The number of thioether (sulfide) groups is 1. The van der Waals surface area contributed by atoms with Crippen molar-refractivity contribution in [1.29, 1.82) is 0 Å². The van der Waals surface area contributed by atoms with Gasteiger partial charge >= 0.3 is 5.97 Å². The minimum Gasteiger partial charge on any atom is -0.455 e. The van der Waals surface area contributed by atoms with E-state index in [1.54, 1.807) is 18.2 Å². The van der Waals surface area contributed by atoms with Crippen LogP contribution in [0.1, 0.15) is 5.56 Å². The monoisotopic (exact) mass is 395 g/mol. The lowest BCUT2D eigenvalue weighted by molar-refractivity contribution is -0.145. The third-order valence-corrected chi connectivity index (χ3v) is 4.53. The summed E-state index contributed by atoms with van der Waals surface area (Å²) in [6.07, 6.45) is 0. The van der Waals surface area contributed by atoms with Gasteiger partial charge in [0.15, 0.2) is 18.1 Å². The second kappa shape index (κ2) is 8.72. The van der Waals surface area contributed by atoms with Crippen molar-refractivity contribution in [1.82, 2.24) is 5.32 Å². The zero-order valence-electron chi connectivity index (χ0n) is 14.0. The van der Waals surface area contributed by atoms with Crippen molar-refractivity contribution in [3.63, 3.8) is 0 Å². The van der Waals surface area contributed by atoms with Crippen molar-refractivity contribution in [2.24, 2.45) is 0 Å². The van der Waals surface area contributed by atoms with Crippen LogP contribution < -0.4 is 14.8 Å². The van der Waals surface area contributed by atoms with Crippen molar-refractivity contribution in [3.8, 4) is 11.5 Å². The third-order valence-electron chi connectivity index (χ3n) is 3.53. The number of hydrogen-bond donors (Lipinski definition) is 1. The van der Waals surface area contributed by atoms with E-state index in [1.165, 1.54) is 0 Å². The Morgan fingerprint density at radius 3 is 2.78 bits per heavy atom. The van der Waals surface area contributed by atoms with E-state index in [9.17, 15) is 18.4 Å². The highest BCUT2D eigenvalue weighted by Crippen LogP contribution is 2.32. The summed E-state index contributed by atoms with van der Waals surface area (Å²) in [5.41, 5.74) is 0.802. The largest absolute Gasteiger partial charge is 0.455 e. The number of ether oxygens (including phenoxy) is 3. The first kappa shape index (κ1) is 19.0. The van der Waals surface area contributed by atoms with Crippen LogP contribution in [-0.4, -0.2) is 31.0 Å². The highest BCUT2D eigenvalue weighted by Gasteiger charge is 2.14. The number of rotatable bonds is 7. The Morgan fingerprint density at radius 2 is 1.93 bits per heavy atom. The molecule has 0 unspecified atom stereocenters. The molecule has 1 aliphatic heterocycles. The van der Waals surface area contributed by atoms with E-state index < -0.39 is 30.1 Å².